The van der Waals surface area contributed by atoms with Crippen molar-refractivity contribution in [2.45, 2.75) is 27.3 Å². The predicted molar refractivity (Wildman–Crippen MR) is 77.6 cm³/mol. The zero-order chi connectivity index (χ0) is 13.7. The fourth-order valence-electron chi connectivity index (χ4n) is 1.93. The van der Waals surface area contributed by atoms with Crippen LogP contribution in [0.15, 0.2) is 36.4 Å². The lowest BCUT2D eigenvalue weighted by Crippen LogP contribution is -2.12. The number of ether oxygens (including phenoxy) is 1. The molecule has 0 aliphatic rings. The third-order valence-corrected chi connectivity index (χ3v) is 2.78. The van der Waals surface area contributed by atoms with Crippen LogP contribution in [0.25, 0.3) is 0 Å². The number of aryl methyl sites for hydroxylation is 2. The van der Waals surface area contributed by atoms with Gasteiger partial charge < -0.3 is 10.1 Å². The number of hydrogen-bond acceptors (Lipinski definition) is 3. The van der Waals surface area contributed by atoms with Crippen LogP contribution in [-0.4, -0.2) is 11.5 Å². The fraction of sp³-hybridized carbons (Fsp3) is 0.312. The largest absolute Gasteiger partial charge is 0.439 e. The predicted octanol–water partition coefficient (Wildman–Crippen LogP) is 3.60. The third kappa shape index (κ3) is 4.07. The van der Waals surface area contributed by atoms with Crippen LogP contribution in [0.5, 0.6) is 11.6 Å². The highest BCUT2D eigenvalue weighted by molar-refractivity contribution is 5.33. The Morgan fingerprint density at radius 2 is 2.00 bits per heavy atom. The third-order valence-electron chi connectivity index (χ3n) is 2.78. The highest BCUT2D eigenvalue weighted by Crippen LogP contribution is 2.21. The summed E-state index contributed by atoms with van der Waals surface area (Å²) in [5.41, 5.74) is 3.34. The maximum Gasteiger partial charge on any atom is 0.219 e. The Morgan fingerprint density at radius 1 is 1.16 bits per heavy atom. The molecule has 0 amide bonds. The molecule has 2 rings (SSSR count). The van der Waals surface area contributed by atoms with Crippen LogP contribution in [0.3, 0.4) is 0 Å². The molecule has 0 spiro atoms. The average molecular weight is 256 g/mol. The summed E-state index contributed by atoms with van der Waals surface area (Å²) >= 11 is 0. The number of nitrogens with zero attached hydrogens (tertiary/aromatic N) is 1. The van der Waals surface area contributed by atoms with Crippen molar-refractivity contribution in [3.63, 3.8) is 0 Å². The van der Waals surface area contributed by atoms with Gasteiger partial charge in [0.1, 0.15) is 5.75 Å². The van der Waals surface area contributed by atoms with Gasteiger partial charge in [-0.2, -0.15) is 0 Å². The first-order valence-electron chi connectivity index (χ1n) is 6.60. The van der Waals surface area contributed by atoms with Gasteiger partial charge in [0.05, 0.1) is 0 Å². The van der Waals surface area contributed by atoms with Crippen molar-refractivity contribution in [3.05, 3.63) is 53.2 Å². The van der Waals surface area contributed by atoms with E-state index in [1.54, 1.807) is 0 Å². The quantitative estimate of drug-likeness (QED) is 0.887. The van der Waals surface area contributed by atoms with Crippen LogP contribution < -0.4 is 10.1 Å². The Bertz CT molecular complexity index is 552. The molecule has 19 heavy (non-hydrogen) atoms. The van der Waals surface area contributed by atoms with E-state index in [4.69, 9.17) is 4.74 Å². The van der Waals surface area contributed by atoms with E-state index in [-0.39, 0.29) is 0 Å². The second-order valence-corrected chi connectivity index (χ2v) is 4.65. The van der Waals surface area contributed by atoms with Gasteiger partial charge in [-0.25, -0.2) is 4.98 Å². The molecule has 0 aliphatic heterocycles. The normalized spacial score (nSPS) is 10.5. The van der Waals surface area contributed by atoms with Crippen LogP contribution in [0.1, 0.15) is 23.7 Å². The van der Waals surface area contributed by atoms with Crippen LogP contribution in [0.4, 0.5) is 0 Å². The molecule has 0 saturated heterocycles. The molecule has 2 aromatic rings. The molecule has 1 heterocycles. The first-order valence-corrected chi connectivity index (χ1v) is 6.60. The molecule has 0 aliphatic carbocycles. The molecule has 0 unspecified atom stereocenters. The molecule has 3 heteroatoms. The van der Waals surface area contributed by atoms with Crippen molar-refractivity contribution in [2.24, 2.45) is 0 Å². The number of hydrogen-bond donors (Lipinski definition) is 1. The molecule has 0 fully saturated rings. The van der Waals surface area contributed by atoms with Gasteiger partial charge in [0.15, 0.2) is 0 Å². The zero-order valence-corrected chi connectivity index (χ0v) is 11.7. The van der Waals surface area contributed by atoms with E-state index < -0.39 is 0 Å². The molecule has 0 saturated carbocycles. The second kappa shape index (κ2) is 6.34. The number of pyridine rings is 1. The van der Waals surface area contributed by atoms with E-state index in [0.717, 1.165) is 24.5 Å². The van der Waals surface area contributed by atoms with E-state index >= 15 is 0 Å². The molecule has 1 aromatic heterocycles. The van der Waals surface area contributed by atoms with Crippen LogP contribution in [0.2, 0.25) is 0 Å². The smallest absolute Gasteiger partial charge is 0.219 e. The number of aromatic nitrogens is 1. The highest BCUT2D eigenvalue weighted by Gasteiger charge is 2.03. The van der Waals surface area contributed by atoms with Crippen LogP contribution >= 0.6 is 0 Å². The summed E-state index contributed by atoms with van der Waals surface area (Å²) in [4.78, 5) is 4.42. The van der Waals surface area contributed by atoms with Gasteiger partial charge in [0, 0.05) is 18.3 Å². The summed E-state index contributed by atoms with van der Waals surface area (Å²) in [5, 5.41) is 3.31. The molecule has 0 radical (unpaired) electrons. The van der Waals surface area contributed by atoms with E-state index in [1.807, 2.05) is 44.2 Å². The van der Waals surface area contributed by atoms with Gasteiger partial charge in [0.2, 0.25) is 5.88 Å². The Labute approximate surface area is 114 Å². The number of benzene rings is 1. The summed E-state index contributed by atoms with van der Waals surface area (Å²) in [5.74, 6) is 1.48. The minimum absolute atomic E-state index is 0.651. The Morgan fingerprint density at radius 3 is 2.74 bits per heavy atom. The maximum absolute atomic E-state index is 5.82. The monoisotopic (exact) mass is 256 g/mol. The lowest BCUT2D eigenvalue weighted by atomic mass is 10.2. The van der Waals surface area contributed by atoms with Gasteiger partial charge in [-0.1, -0.05) is 19.1 Å². The fourth-order valence-corrected chi connectivity index (χ4v) is 1.93. The van der Waals surface area contributed by atoms with Gasteiger partial charge >= 0.3 is 0 Å². The van der Waals surface area contributed by atoms with Crippen molar-refractivity contribution in [1.82, 2.24) is 10.3 Å². The standard InChI is InChI=1S/C16H20N2O/c1-4-17-11-14-9-13(3)18-16(10-14)19-15-7-5-6-12(2)8-15/h5-10,17H,4,11H2,1-3H3. The molecule has 1 aromatic carbocycles. The topological polar surface area (TPSA) is 34.2 Å². The molecule has 100 valence electrons. The average Bonchev–Trinajstić information content (AvgIpc) is 2.35. The maximum atomic E-state index is 5.82. The second-order valence-electron chi connectivity index (χ2n) is 4.65. The summed E-state index contributed by atoms with van der Waals surface area (Å²) in [7, 11) is 0. The molecule has 3 nitrogen and oxygen atoms in total. The van der Waals surface area contributed by atoms with E-state index in [0.29, 0.717) is 5.88 Å². The first-order chi connectivity index (χ1) is 9.17. The first kappa shape index (κ1) is 13.6. The number of nitrogens with one attached hydrogen (secondary N) is 1. The van der Waals surface area contributed by atoms with Gasteiger partial charge in [-0.15, -0.1) is 0 Å². The summed E-state index contributed by atoms with van der Waals surface area (Å²) in [6, 6.07) is 12.0. The van der Waals surface area contributed by atoms with Crippen molar-refractivity contribution >= 4 is 0 Å². The SMILES string of the molecule is CCNCc1cc(C)nc(Oc2cccc(C)c2)c1. The van der Waals surface area contributed by atoms with Crippen molar-refractivity contribution in [2.75, 3.05) is 6.54 Å². The van der Waals surface area contributed by atoms with Gasteiger partial charge in [0.25, 0.3) is 0 Å². The van der Waals surface area contributed by atoms with Crippen molar-refractivity contribution in [3.8, 4) is 11.6 Å². The van der Waals surface area contributed by atoms with Crippen molar-refractivity contribution < 1.29 is 4.74 Å². The number of rotatable bonds is 5. The summed E-state index contributed by atoms with van der Waals surface area (Å²) in [6.07, 6.45) is 0. The Balaban J connectivity index is 2.17. The Kier molecular flexibility index (Phi) is 4.53. The van der Waals surface area contributed by atoms with E-state index in [1.165, 1.54) is 11.1 Å². The lowest BCUT2D eigenvalue weighted by molar-refractivity contribution is 0.460. The summed E-state index contributed by atoms with van der Waals surface area (Å²) < 4.78 is 5.82. The molecule has 1 N–H and O–H groups in total. The van der Waals surface area contributed by atoms with Gasteiger partial charge in [-0.05, 0) is 49.7 Å². The van der Waals surface area contributed by atoms with Gasteiger partial charge in [-0.3, -0.25) is 0 Å². The minimum Gasteiger partial charge on any atom is -0.439 e. The van der Waals surface area contributed by atoms with Crippen LogP contribution in [0, 0.1) is 13.8 Å². The van der Waals surface area contributed by atoms with Crippen LogP contribution in [-0.2, 0) is 6.54 Å². The highest BCUT2D eigenvalue weighted by atomic mass is 16.5. The Hall–Kier alpha value is -1.87. The lowest BCUT2D eigenvalue weighted by Gasteiger charge is -2.09. The van der Waals surface area contributed by atoms with E-state index in [9.17, 15) is 0 Å². The molecular weight excluding hydrogens is 236 g/mol. The zero-order valence-electron chi connectivity index (χ0n) is 11.7. The molecule has 0 atom stereocenters. The minimum atomic E-state index is 0.651. The summed E-state index contributed by atoms with van der Waals surface area (Å²) in [6.45, 7) is 7.92. The molecular formula is C16H20N2O. The van der Waals surface area contributed by atoms with Crippen molar-refractivity contribution in [1.29, 1.82) is 0 Å². The van der Waals surface area contributed by atoms with E-state index in [2.05, 4.69) is 23.3 Å². The molecule has 0 bridgehead atoms.